The van der Waals surface area contributed by atoms with Crippen LogP contribution in [0.1, 0.15) is 39.0 Å². The van der Waals surface area contributed by atoms with Gasteiger partial charge in [0, 0.05) is 12.2 Å². The van der Waals surface area contributed by atoms with Crippen LogP contribution >= 0.6 is 0 Å². The first kappa shape index (κ1) is 10.4. The first-order valence-corrected chi connectivity index (χ1v) is 5.89. The quantitative estimate of drug-likeness (QED) is 0.824. The zero-order valence-corrected chi connectivity index (χ0v) is 9.32. The van der Waals surface area contributed by atoms with Crippen molar-refractivity contribution in [1.29, 1.82) is 0 Å². The van der Waals surface area contributed by atoms with Gasteiger partial charge in [0.15, 0.2) is 0 Å². The van der Waals surface area contributed by atoms with Crippen molar-refractivity contribution in [2.45, 2.75) is 45.1 Å². The highest BCUT2D eigenvalue weighted by molar-refractivity contribution is 5.32. The fourth-order valence-electron chi connectivity index (χ4n) is 2.36. The van der Waals surface area contributed by atoms with Gasteiger partial charge in [-0.05, 0) is 31.7 Å². The lowest BCUT2D eigenvalue weighted by Gasteiger charge is -2.28. The van der Waals surface area contributed by atoms with Crippen molar-refractivity contribution in [1.82, 2.24) is 9.97 Å². The molecule has 1 aromatic rings. The van der Waals surface area contributed by atoms with E-state index in [4.69, 9.17) is 0 Å². The van der Waals surface area contributed by atoms with Crippen LogP contribution in [0.3, 0.4) is 0 Å². The standard InChI is InChI=1S/C12H19N3/c1-10(11-5-3-2-4-6-11)15-12-7-8-13-9-14-12/h7-11H,2-6H2,1H3,(H,13,14,15). The Morgan fingerprint density at radius 3 is 2.80 bits per heavy atom. The maximum Gasteiger partial charge on any atom is 0.129 e. The van der Waals surface area contributed by atoms with Gasteiger partial charge < -0.3 is 5.32 Å². The van der Waals surface area contributed by atoms with Crippen molar-refractivity contribution in [3.05, 3.63) is 18.6 Å². The molecule has 0 spiro atoms. The molecule has 0 radical (unpaired) electrons. The molecule has 1 aliphatic rings. The lowest BCUT2D eigenvalue weighted by Crippen LogP contribution is -2.28. The minimum absolute atomic E-state index is 0.528. The number of aromatic nitrogens is 2. The predicted molar refractivity (Wildman–Crippen MR) is 61.7 cm³/mol. The third-order valence-corrected chi connectivity index (χ3v) is 3.31. The number of nitrogens with one attached hydrogen (secondary N) is 1. The Kier molecular flexibility index (Phi) is 3.54. The van der Waals surface area contributed by atoms with Crippen LogP contribution in [0, 0.1) is 5.92 Å². The number of hydrogen-bond donors (Lipinski definition) is 1. The van der Waals surface area contributed by atoms with Gasteiger partial charge in [-0.15, -0.1) is 0 Å². The van der Waals surface area contributed by atoms with Crippen molar-refractivity contribution in [3.8, 4) is 0 Å². The van der Waals surface area contributed by atoms with Crippen LogP contribution in [0.2, 0.25) is 0 Å². The number of anilines is 1. The van der Waals surface area contributed by atoms with Gasteiger partial charge in [-0.25, -0.2) is 9.97 Å². The number of rotatable bonds is 3. The second-order valence-corrected chi connectivity index (χ2v) is 4.43. The summed E-state index contributed by atoms with van der Waals surface area (Å²) in [6.07, 6.45) is 10.3. The Morgan fingerprint density at radius 1 is 1.33 bits per heavy atom. The zero-order chi connectivity index (χ0) is 10.5. The minimum Gasteiger partial charge on any atom is -0.367 e. The molecule has 0 aliphatic heterocycles. The molecule has 0 aromatic carbocycles. The van der Waals surface area contributed by atoms with Crippen LogP contribution in [0.25, 0.3) is 0 Å². The third kappa shape index (κ3) is 2.91. The van der Waals surface area contributed by atoms with E-state index in [2.05, 4.69) is 22.2 Å². The molecular weight excluding hydrogens is 186 g/mol. The van der Waals surface area contributed by atoms with Crippen molar-refractivity contribution in [2.75, 3.05) is 5.32 Å². The summed E-state index contributed by atoms with van der Waals surface area (Å²) in [4.78, 5) is 8.11. The summed E-state index contributed by atoms with van der Waals surface area (Å²) in [5, 5.41) is 3.46. The van der Waals surface area contributed by atoms with Gasteiger partial charge in [-0.3, -0.25) is 0 Å². The summed E-state index contributed by atoms with van der Waals surface area (Å²) < 4.78 is 0. The summed E-state index contributed by atoms with van der Waals surface area (Å²) in [7, 11) is 0. The summed E-state index contributed by atoms with van der Waals surface area (Å²) in [5.41, 5.74) is 0. The monoisotopic (exact) mass is 205 g/mol. The average Bonchev–Trinajstić information content (AvgIpc) is 2.31. The molecule has 1 aliphatic carbocycles. The van der Waals surface area contributed by atoms with Crippen LogP contribution in [0.4, 0.5) is 5.82 Å². The molecule has 0 saturated heterocycles. The SMILES string of the molecule is CC(Nc1ccncn1)C1CCCCC1. The van der Waals surface area contributed by atoms with E-state index in [1.54, 1.807) is 12.5 Å². The smallest absolute Gasteiger partial charge is 0.129 e. The number of nitrogens with zero attached hydrogens (tertiary/aromatic N) is 2. The van der Waals surface area contributed by atoms with Gasteiger partial charge in [-0.1, -0.05) is 19.3 Å². The molecule has 82 valence electrons. The summed E-state index contributed by atoms with van der Waals surface area (Å²) in [6, 6.07) is 2.46. The molecule has 0 bridgehead atoms. The highest BCUT2D eigenvalue weighted by Crippen LogP contribution is 2.27. The lowest BCUT2D eigenvalue weighted by molar-refractivity contribution is 0.328. The summed E-state index contributed by atoms with van der Waals surface area (Å²) in [6.45, 7) is 2.26. The Morgan fingerprint density at radius 2 is 2.13 bits per heavy atom. The summed E-state index contributed by atoms with van der Waals surface area (Å²) in [5.74, 6) is 1.76. The van der Waals surface area contributed by atoms with Crippen LogP contribution in [-0.4, -0.2) is 16.0 Å². The van der Waals surface area contributed by atoms with Crippen molar-refractivity contribution in [3.63, 3.8) is 0 Å². The first-order valence-electron chi connectivity index (χ1n) is 5.89. The molecular formula is C12H19N3. The highest BCUT2D eigenvalue weighted by Gasteiger charge is 2.19. The van der Waals surface area contributed by atoms with Crippen LogP contribution in [0.15, 0.2) is 18.6 Å². The number of hydrogen-bond acceptors (Lipinski definition) is 3. The molecule has 1 heterocycles. The Balaban J connectivity index is 1.88. The Labute approximate surface area is 91.3 Å². The minimum atomic E-state index is 0.528. The maximum absolute atomic E-state index is 4.19. The zero-order valence-electron chi connectivity index (χ0n) is 9.32. The van der Waals surface area contributed by atoms with Crippen molar-refractivity contribution in [2.24, 2.45) is 5.92 Å². The van der Waals surface area contributed by atoms with E-state index in [0.717, 1.165) is 11.7 Å². The van der Waals surface area contributed by atoms with Gasteiger partial charge >= 0.3 is 0 Å². The van der Waals surface area contributed by atoms with E-state index >= 15 is 0 Å². The second-order valence-electron chi connectivity index (χ2n) is 4.43. The lowest BCUT2D eigenvalue weighted by atomic mass is 9.84. The topological polar surface area (TPSA) is 37.8 Å². The predicted octanol–water partition coefficient (Wildman–Crippen LogP) is 2.86. The van der Waals surface area contributed by atoms with Crippen LogP contribution in [-0.2, 0) is 0 Å². The largest absolute Gasteiger partial charge is 0.367 e. The van der Waals surface area contributed by atoms with Gasteiger partial charge in [0.2, 0.25) is 0 Å². The van der Waals surface area contributed by atoms with E-state index in [-0.39, 0.29) is 0 Å². The third-order valence-electron chi connectivity index (χ3n) is 3.31. The molecule has 1 unspecified atom stereocenters. The van der Waals surface area contributed by atoms with E-state index in [0.29, 0.717) is 6.04 Å². The van der Waals surface area contributed by atoms with E-state index in [9.17, 15) is 0 Å². The second kappa shape index (κ2) is 5.10. The first-order chi connectivity index (χ1) is 7.36. The van der Waals surface area contributed by atoms with E-state index < -0.39 is 0 Å². The molecule has 3 nitrogen and oxygen atoms in total. The Bertz CT molecular complexity index is 280. The molecule has 1 N–H and O–H groups in total. The molecule has 3 heteroatoms. The molecule has 1 atom stereocenters. The molecule has 1 aromatic heterocycles. The summed E-state index contributed by atoms with van der Waals surface area (Å²) >= 11 is 0. The maximum atomic E-state index is 4.19. The average molecular weight is 205 g/mol. The molecule has 2 rings (SSSR count). The molecule has 1 saturated carbocycles. The van der Waals surface area contributed by atoms with Gasteiger partial charge in [-0.2, -0.15) is 0 Å². The fourth-order valence-corrected chi connectivity index (χ4v) is 2.36. The van der Waals surface area contributed by atoms with Crippen molar-refractivity contribution >= 4 is 5.82 Å². The van der Waals surface area contributed by atoms with Gasteiger partial charge in [0.05, 0.1) is 0 Å². The van der Waals surface area contributed by atoms with Crippen molar-refractivity contribution < 1.29 is 0 Å². The fraction of sp³-hybridized carbons (Fsp3) is 0.667. The van der Waals surface area contributed by atoms with Crippen LogP contribution < -0.4 is 5.32 Å². The van der Waals surface area contributed by atoms with E-state index in [1.165, 1.54) is 32.1 Å². The van der Waals surface area contributed by atoms with E-state index in [1.807, 2.05) is 6.07 Å². The molecule has 15 heavy (non-hydrogen) atoms. The molecule has 1 fully saturated rings. The van der Waals surface area contributed by atoms with Gasteiger partial charge in [0.25, 0.3) is 0 Å². The molecule has 0 amide bonds. The van der Waals surface area contributed by atoms with Gasteiger partial charge in [0.1, 0.15) is 12.1 Å². The Hall–Kier alpha value is -1.12. The van der Waals surface area contributed by atoms with Crippen LogP contribution in [0.5, 0.6) is 0 Å². The normalized spacial score (nSPS) is 19.8. The highest BCUT2D eigenvalue weighted by atomic mass is 15.0.